The van der Waals surface area contributed by atoms with Crippen LogP contribution in [0.15, 0.2) is 36.5 Å². The summed E-state index contributed by atoms with van der Waals surface area (Å²) in [6, 6.07) is 6.61. The molecule has 0 saturated heterocycles. The second-order valence-corrected chi connectivity index (χ2v) is 7.29. The minimum atomic E-state index is -0.951. The Morgan fingerprint density at radius 1 is 1.31 bits per heavy atom. The van der Waals surface area contributed by atoms with Crippen LogP contribution in [0.4, 0.5) is 4.39 Å². The summed E-state index contributed by atoms with van der Waals surface area (Å²) in [5, 5.41) is 12.5. The minimum Gasteiger partial charge on any atom is -0.503 e. The van der Waals surface area contributed by atoms with Gasteiger partial charge in [-0.3, -0.25) is 4.79 Å². The van der Waals surface area contributed by atoms with Crippen LogP contribution in [0.3, 0.4) is 0 Å². The fourth-order valence-electron chi connectivity index (χ4n) is 3.38. The summed E-state index contributed by atoms with van der Waals surface area (Å²) in [7, 11) is 1.35. The number of ether oxygens (including phenoxy) is 2. The molecule has 7 nitrogen and oxygen atoms in total. The molecule has 0 spiro atoms. The Morgan fingerprint density at radius 2 is 2.00 bits per heavy atom. The van der Waals surface area contributed by atoms with Crippen molar-refractivity contribution >= 4 is 11.9 Å². The lowest BCUT2D eigenvalue weighted by atomic mass is 9.63. The number of carbonyl (C=O) groups excluding carboxylic acids is 2. The van der Waals surface area contributed by atoms with Crippen LogP contribution in [0.25, 0.3) is 0 Å². The molecule has 3 rings (SSSR count). The number of hydrogen-bond acceptors (Lipinski definition) is 6. The van der Waals surface area contributed by atoms with E-state index in [0.29, 0.717) is 6.42 Å². The number of esters is 1. The Kier molecular flexibility index (Phi) is 5.72. The summed E-state index contributed by atoms with van der Waals surface area (Å²) in [4.78, 5) is 28.7. The van der Waals surface area contributed by atoms with Gasteiger partial charge >= 0.3 is 5.97 Å². The number of rotatable bonds is 6. The molecule has 1 aliphatic rings. The predicted molar refractivity (Wildman–Crippen MR) is 102 cm³/mol. The molecular weight excluding hydrogens is 379 g/mol. The largest absolute Gasteiger partial charge is 0.503 e. The zero-order chi connectivity index (χ0) is 21.2. The SMILES string of the molecule is COc1ccnc(C(=O)N[C@@H](C)C(=O)OC2CCC2(C)c2ccc(F)cc2)c1O. The average Bonchev–Trinajstić information content (AvgIpc) is 2.71. The average molecular weight is 402 g/mol. The lowest BCUT2D eigenvalue weighted by Gasteiger charge is -2.46. The Bertz CT molecular complexity index is 918. The topological polar surface area (TPSA) is 97.8 Å². The lowest BCUT2D eigenvalue weighted by molar-refractivity contribution is -0.161. The molecule has 0 bridgehead atoms. The van der Waals surface area contributed by atoms with E-state index in [0.717, 1.165) is 12.0 Å². The van der Waals surface area contributed by atoms with E-state index < -0.39 is 29.1 Å². The van der Waals surface area contributed by atoms with Crippen LogP contribution in [-0.4, -0.2) is 41.2 Å². The summed E-state index contributed by atoms with van der Waals surface area (Å²) in [6.45, 7) is 3.45. The number of aromatic hydroxyl groups is 1. The van der Waals surface area contributed by atoms with Crippen molar-refractivity contribution in [3.63, 3.8) is 0 Å². The normalized spacial score (nSPS) is 21.6. The van der Waals surface area contributed by atoms with Crippen LogP contribution in [0.2, 0.25) is 0 Å². The number of carbonyl (C=O) groups is 2. The molecule has 8 heteroatoms. The first-order chi connectivity index (χ1) is 13.8. The van der Waals surface area contributed by atoms with Crippen molar-refractivity contribution in [3.8, 4) is 11.5 Å². The third-order valence-electron chi connectivity index (χ3n) is 5.42. The van der Waals surface area contributed by atoms with Crippen molar-refractivity contribution in [1.29, 1.82) is 0 Å². The maximum absolute atomic E-state index is 13.2. The van der Waals surface area contributed by atoms with Gasteiger partial charge in [0.15, 0.2) is 17.2 Å². The van der Waals surface area contributed by atoms with Gasteiger partial charge < -0.3 is 19.9 Å². The molecule has 0 radical (unpaired) electrons. The van der Waals surface area contributed by atoms with E-state index in [-0.39, 0.29) is 23.4 Å². The number of amides is 1. The van der Waals surface area contributed by atoms with Crippen LogP contribution >= 0.6 is 0 Å². The first-order valence-electron chi connectivity index (χ1n) is 9.25. The van der Waals surface area contributed by atoms with Crippen LogP contribution < -0.4 is 10.1 Å². The van der Waals surface area contributed by atoms with Gasteiger partial charge in [-0.1, -0.05) is 19.1 Å². The number of hydrogen-bond donors (Lipinski definition) is 2. The second kappa shape index (κ2) is 8.06. The molecule has 2 unspecified atom stereocenters. The highest BCUT2D eigenvalue weighted by Gasteiger charge is 2.47. The molecule has 3 atom stereocenters. The summed E-state index contributed by atoms with van der Waals surface area (Å²) >= 11 is 0. The van der Waals surface area contributed by atoms with E-state index in [1.807, 2.05) is 6.92 Å². The first-order valence-corrected chi connectivity index (χ1v) is 9.25. The van der Waals surface area contributed by atoms with Crippen molar-refractivity contribution in [1.82, 2.24) is 10.3 Å². The van der Waals surface area contributed by atoms with E-state index in [2.05, 4.69) is 10.3 Å². The standard InChI is InChI=1S/C21H23FN2O5/c1-12(24-19(26)17-18(25)15(28-3)9-11-23-17)20(27)29-16-8-10-21(16,2)13-4-6-14(22)7-5-13/h4-7,9,11-12,16,25H,8,10H2,1-3H3,(H,24,26)/t12-,16?,21?/m0/s1. The third kappa shape index (κ3) is 4.01. The number of nitrogens with one attached hydrogen (secondary N) is 1. The molecule has 29 heavy (non-hydrogen) atoms. The lowest BCUT2D eigenvalue weighted by Crippen LogP contribution is -2.51. The van der Waals surface area contributed by atoms with Crippen LogP contribution in [0.5, 0.6) is 11.5 Å². The molecule has 1 saturated carbocycles. The third-order valence-corrected chi connectivity index (χ3v) is 5.42. The Morgan fingerprint density at radius 3 is 2.59 bits per heavy atom. The zero-order valence-electron chi connectivity index (χ0n) is 16.4. The molecule has 1 amide bonds. The van der Waals surface area contributed by atoms with E-state index in [9.17, 15) is 19.1 Å². The Labute approximate surface area is 167 Å². The molecule has 154 valence electrons. The van der Waals surface area contributed by atoms with Gasteiger partial charge in [-0.05, 0) is 37.5 Å². The van der Waals surface area contributed by atoms with E-state index in [1.54, 1.807) is 12.1 Å². The predicted octanol–water partition coefficient (Wildman–Crippen LogP) is 2.72. The fraction of sp³-hybridized carbons (Fsp3) is 0.381. The van der Waals surface area contributed by atoms with Crippen LogP contribution in [0, 0.1) is 5.82 Å². The summed E-state index contributed by atoms with van der Waals surface area (Å²) in [5.74, 6) is -1.95. The quantitative estimate of drug-likeness (QED) is 0.721. The van der Waals surface area contributed by atoms with Crippen LogP contribution in [-0.2, 0) is 14.9 Å². The summed E-state index contributed by atoms with van der Waals surface area (Å²) in [5.41, 5.74) is 0.244. The number of nitrogens with zero attached hydrogens (tertiary/aromatic N) is 1. The van der Waals surface area contributed by atoms with Crippen molar-refractivity contribution in [2.24, 2.45) is 0 Å². The van der Waals surface area contributed by atoms with E-state index in [4.69, 9.17) is 9.47 Å². The smallest absolute Gasteiger partial charge is 0.328 e. The molecule has 2 N–H and O–H groups in total. The highest BCUT2D eigenvalue weighted by Crippen LogP contribution is 2.45. The number of methoxy groups -OCH3 is 1. The number of pyridine rings is 1. The van der Waals surface area contributed by atoms with Crippen molar-refractivity contribution < 1.29 is 28.6 Å². The van der Waals surface area contributed by atoms with E-state index in [1.165, 1.54) is 38.4 Å². The Hall–Kier alpha value is -3.16. The van der Waals surface area contributed by atoms with Crippen LogP contribution in [0.1, 0.15) is 42.7 Å². The van der Waals surface area contributed by atoms with Gasteiger partial charge in [0.25, 0.3) is 5.91 Å². The molecule has 0 aliphatic heterocycles. The van der Waals surface area contributed by atoms with E-state index >= 15 is 0 Å². The first kappa shape index (κ1) is 20.6. The van der Waals surface area contributed by atoms with Gasteiger partial charge in [-0.25, -0.2) is 14.2 Å². The monoisotopic (exact) mass is 402 g/mol. The molecule has 1 aromatic carbocycles. The second-order valence-electron chi connectivity index (χ2n) is 7.29. The fourth-order valence-corrected chi connectivity index (χ4v) is 3.38. The van der Waals surface area contributed by atoms with Gasteiger partial charge in [-0.15, -0.1) is 0 Å². The van der Waals surface area contributed by atoms with Gasteiger partial charge in [-0.2, -0.15) is 0 Å². The molecule has 1 aromatic heterocycles. The highest BCUT2D eigenvalue weighted by molar-refractivity contribution is 5.97. The van der Waals surface area contributed by atoms with Gasteiger partial charge in [0, 0.05) is 17.7 Å². The van der Waals surface area contributed by atoms with Gasteiger partial charge in [0.05, 0.1) is 7.11 Å². The zero-order valence-corrected chi connectivity index (χ0v) is 16.4. The summed E-state index contributed by atoms with van der Waals surface area (Å²) < 4.78 is 23.7. The van der Waals surface area contributed by atoms with Crippen molar-refractivity contribution in [3.05, 3.63) is 53.6 Å². The van der Waals surface area contributed by atoms with Crippen molar-refractivity contribution in [2.45, 2.75) is 44.2 Å². The Balaban J connectivity index is 1.64. The maximum atomic E-state index is 13.2. The number of benzene rings is 1. The van der Waals surface area contributed by atoms with Gasteiger partial charge in [0.1, 0.15) is 18.0 Å². The molecular formula is C21H23FN2O5. The molecule has 1 heterocycles. The molecule has 1 aliphatic carbocycles. The minimum absolute atomic E-state index is 0.102. The van der Waals surface area contributed by atoms with Gasteiger partial charge in [0.2, 0.25) is 0 Å². The number of halogens is 1. The molecule has 2 aromatic rings. The summed E-state index contributed by atoms with van der Waals surface area (Å²) in [6.07, 6.45) is 2.43. The maximum Gasteiger partial charge on any atom is 0.328 e. The number of aromatic nitrogens is 1. The van der Waals surface area contributed by atoms with Crippen molar-refractivity contribution in [2.75, 3.05) is 7.11 Å². The highest BCUT2D eigenvalue weighted by atomic mass is 19.1. The molecule has 1 fully saturated rings.